The zero-order chi connectivity index (χ0) is 20.0. The molecule has 146 valence electrons. The van der Waals surface area contributed by atoms with Gasteiger partial charge in [0.05, 0.1) is 4.90 Å². The van der Waals surface area contributed by atoms with Crippen LogP contribution in [0.3, 0.4) is 0 Å². The third-order valence-electron chi connectivity index (χ3n) is 4.82. The summed E-state index contributed by atoms with van der Waals surface area (Å²) in [5, 5.41) is 0. The van der Waals surface area contributed by atoms with E-state index in [-0.39, 0.29) is 5.92 Å². The summed E-state index contributed by atoms with van der Waals surface area (Å²) in [5.41, 5.74) is 3.18. The normalized spacial score (nSPS) is 11.7. The van der Waals surface area contributed by atoms with Crippen molar-refractivity contribution in [2.75, 3.05) is 6.54 Å². The van der Waals surface area contributed by atoms with Crippen LogP contribution in [-0.4, -0.2) is 15.0 Å². The van der Waals surface area contributed by atoms with Gasteiger partial charge in [-0.25, -0.2) is 13.1 Å². The largest absolute Gasteiger partial charge is 0.240 e. The first-order chi connectivity index (χ1) is 13.5. The highest BCUT2D eigenvalue weighted by molar-refractivity contribution is 9.10. The van der Waals surface area contributed by atoms with Crippen LogP contribution in [-0.2, 0) is 16.4 Å². The van der Waals surface area contributed by atoms with E-state index >= 15 is 0 Å². The molecule has 0 spiro atoms. The number of rotatable bonds is 8. The Hall–Kier alpha value is -1.95. The average molecular weight is 458 g/mol. The van der Waals surface area contributed by atoms with Crippen molar-refractivity contribution in [3.05, 3.63) is 100 Å². The maximum Gasteiger partial charge on any atom is 0.240 e. The molecule has 0 aliphatic heterocycles. The van der Waals surface area contributed by atoms with Crippen LogP contribution in [0.4, 0.5) is 0 Å². The Morgan fingerprint density at radius 2 is 1.46 bits per heavy atom. The molecular weight excluding hydrogens is 434 g/mol. The van der Waals surface area contributed by atoms with Crippen molar-refractivity contribution < 1.29 is 8.42 Å². The predicted octanol–water partition coefficient (Wildman–Crippen LogP) is 5.51. The van der Waals surface area contributed by atoms with Crippen LogP contribution in [0.5, 0.6) is 0 Å². The second kappa shape index (κ2) is 9.50. The molecule has 0 aromatic heterocycles. The van der Waals surface area contributed by atoms with E-state index in [0.29, 0.717) is 24.3 Å². The molecule has 3 aromatic carbocycles. The van der Waals surface area contributed by atoms with Crippen molar-refractivity contribution in [3.8, 4) is 0 Å². The predicted molar refractivity (Wildman–Crippen MR) is 118 cm³/mol. The Labute approximate surface area is 176 Å². The molecule has 5 heteroatoms. The molecule has 0 heterocycles. The quantitative estimate of drug-likeness (QED) is 0.484. The van der Waals surface area contributed by atoms with Crippen LogP contribution in [0.2, 0.25) is 0 Å². The summed E-state index contributed by atoms with van der Waals surface area (Å²) in [6, 6.07) is 25.7. The molecule has 0 fully saturated rings. The standard InChI is InChI=1S/C23H24BrNO2S/c1-2-18-17-21(24)13-14-23(18)28(26,27)25-16-15-22(19-9-5-3-6-10-19)20-11-7-4-8-12-20/h3-14,17,22,25H,2,15-16H2,1H3. The lowest BCUT2D eigenvalue weighted by Crippen LogP contribution is -2.27. The van der Waals surface area contributed by atoms with Crippen LogP contribution in [0, 0.1) is 0 Å². The fourth-order valence-electron chi connectivity index (χ4n) is 3.40. The van der Waals surface area contributed by atoms with Gasteiger partial charge in [0.2, 0.25) is 10.0 Å². The average Bonchev–Trinajstić information content (AvgIpc) is 2.72. The maximum absolute atomic E-state index is 12.9. The fraction of sp³-hybridized carbons (Fsp3) is 0.217. The van der Waals surface area contributed by atoms with Crippen LogP contribution in [0.1, 0.15) is 36.0 Å². The maximum atomic E-state index is 12.9. The molecule has 0 atom stereocenters. The van der Waals surface area contributed by atoms with Gasteiger partial charge in [-0.15, -0.1) is 0 Å². The van der Waals surface area contributed by atoms with Gasteiger partial charge in [-0.05, 0) is 47.7 Å². The number of halogens is 1. The summed E-state index contributed by atoms with van der Waals surface area (Å²) in [6.45, 7) is 2.33. The summed E-state index contributed by atoms with van der Waals surface area (Å²) in [7, 11) is -3.55. The van der Waals surface area contributed by atoms with Crippen molar-refractivity contribution in [3.63, 3.8) is 0 Å². The molecule has 28 heavy (non-hydrogen) atoms. The highest BCUT2D eigenvalue weighted by atomic mass is 79.9. The summed E-state index contributed by atoms with van der Waals surface area (Å²) in [5.74, 6) is 0.140. The molecule has 3 aromatic rings. The lowest BCUT2D eigenvalue weighted by molar-refractivity contribution is 0.574. The van der Waals surface area contributed by atoms with Gasteiger partial charge in [0.25, 0.3) is 0 Å². The summed E-state index contributed by atoms with van der Waals surface area (Å²) >= 11 is 3.41. The monoisotopic (exact) mass is 457 g/mol. The Balaban J connectivity index is 1.77. The zero-order valence-corrected chi connectivity index (χ0v) is 18.2. The fourth-order valence-corrected chi connectivity index (χ4v) is 5.14. The first-order valence-corrected chi connectivity index (χ1v) is 11.7. The van der Waals surface area contributed by atoms with Crippen LogP contribution < -0.4 is 4.72 Å². The van der Waals surface area contributed by atoms with Crippen LogP contribution in [0.25, 0.3) is 0 Å². The van der Waals surface area contributed by atoms with Gasteiger partial charge >= 0.3 is 0 Å². The summed E-state index contributed by atoms with van der Waals surface area (Å²) in [4.78, 5) is 0.356. The molecule has 3 nitrogen and oxygen atoms in total. The van der Waals surface area contributed by atoms with E-state index in [9.17, 15) is 8.42 Å². The van der Waals surface area contributed by atoms with Gasteiger partial charge < -0.3 is 0 Å². The van der Waals surface area contributed by atoms with Crippen molar-refractivity contribution in [1.82, 2.24) is 4.72 Å². The van der Waals surface area contributed by atoms with Crippen molar-refractivity contribution >= 4 is 26.0 Å². The van der Waals surface area contributed by atoms with E-state index in [0.717, 1.165) is 10.0 Å². The Morgan fingerprint density at radius 3 is 2.00 bits per heavy atom. The van der Waals surface area contributed by atoms with Crippen LogP contribution in [0.15, 0.2) is 88.2 Å². The highest BCUT2D eigenvalue weighted by Crippen LogP contribution is 2.28. The first kappa shape index (κ1) is 20.8. The zero-order valence-electron chi connectivity index (χ0n) is 15.8. The molecule has 0 saturated carbocycles. The molecular formula is C23H24BrNO2S. The minimum Gasteiger partial charge on any atom is -0.211 e. The third kappa shape index (κ3) is 5.10. The van der Waals surface area contributed by atoms with Gasteiger partial charge in [-0.2, -0.15) is 0 Å². The lowest BCUT2D eigenvalue weighted by Gasteiger charge is -2.19. The first-order valence-electron chi connectivity index (χ1n) is 9.39. The molecule has 0 saturated heterocycles. The number of hydrogen-bond donors (Lipinski definition) is 1. The summed E-state index contributed by atoms with van der Waals surface area (Å²) in [6.07, 6.45) is 1.34. The van der Waals surface area contributed by atoms with E-state index in [2.05, 4.69) is 44.9 Å². The number of aryl methyl sites for hydroxylation is 1. The van der Waals surface area contributed by atoms with Gasteiger partial charge in [0.15, 0.2) is 0 Å². The van der Waals surface area contributed by atoms with E-state index in [1.807, 2.05) is 49.4 Å². The molecule has 3 rings (SSSR count). The second-order valence-corrected chi connectivity index (χ2v) is 9.32. The number of benzene rings is 3. The molecule has 0 unspecified atom stereocenters. The Morgan fingerprint density at radius 1 is 0.893 bits per heavy atom. The third-order valence-corrected chi connectivity index (χ3v) is 6.88. The summed E-state index contributed by atoms with van der Waals surface area (Å²) < 4.78 is 29.4. The Bertz CT molecular complexity index is 966. The number of nitrogens with one attached hydrogen (secondary N) is 1. The van der Waals surface area contributed by atoms with Crippen molar-refractivity contribution in [1.29, 1.82) is 0 Å². The van der Waals surface area contributed by atoms with E-state index in [1.165, 1.54) is 11.1 Å². The lowest BCUT2D eigenvalue weighted by atomic mass is 9.89. The van der Waals surface area contributed by atoms with Gasteiger partial charge in [0, 0.05) is 16.9 Å². The number of sulfonamides is 1. The van der Waals surface area contributed by atoms with Crippen molar-refractivity contribution in [2.45, 2.75) is 30.6 Å². The topological polar surface area (TPSA) is 46.2 Å². The van der Waals surface area contributed by atoms with Gasteiger partial charge in [0.1, 0.15) is 0 Å². The number of hydrogen-bond acceptors (Lipinski definition) is 2. The SMILES string of the molecule is CCc1cc(Br)ccc1S(=O)(=O)NCCC(c1ccccc1)c1ccccc1. The van der Waals surface area contributed by atoms with Gasteiger partial charge in [-0.1, -0.05) is 83.5 Å². The minimum atomic E-state index is -3.55. The Kier molecular flexibility index (Phi) is 7.05. The van der Waals surface area contributed by atoms with E-state index in [1.54, 1.807) is 12.1 Å². The van der Waals surface area contributed by atoms with E-state index < -0.39 is 10.0 Å². The van der Waals surface area contributed by atoms with E-state index in [4.69, 9.17) is 0 Å². The van der Waals surface area contributed by atoms with Gasteiger partial charge in [-0.3, -0.25) is 0 Å². The van der Waals surface area contributed by atoms with Crippen molar-refractivity contribution in [2.24, 2.45) is 0 Å². The molecule has 1 N–H and O–H groups in total. The molecule has 0 radical (unpaired) electrons. The van der Waals surface area contributed by atoms with Crippen LogP contribution >= 0.6 is 15.9 Å². The smallest absolute Gasteiger partial charge is 0.211 e. The minimum absolute atomic E-state index is 0.140. The highest BCUT2D eigenvalue weighted by Gasteiger charge is 2.19. The molecule has 0 aliphatic carbocycles. The molecule has 0 bridgehead atoms. The molecule has 0 amide bonds. The molecule has 0 aliphatic rings. The second-order valence-electron chi connectivity index (χ2n) is 6.67.